The number of anilines is 1. The maximum atomic E-state index is 13.0. The molecule has 45 heavy (non-hydrogen) atoms. The third kappa shape index (κ3) is 8.88. The summed E-state index contributed by atoms with van der Waals surface area (Å²) in [5, 5.41) is 47.4. The van der Waals surface area contributed by atoms with Crippen LogP contribution in [0, 0.1) is 5.92 Å². The number of nitrogens with one attached hydrogen (secondary N) is 3. The first-order valence-electron chi connectivity index (χ1n) is 14.2. The van der Waals surface area contributed by atoms with E-state index in [1.165, 1.54) is 6.92 Å². The maximum absolute atomic E-state index is 13.0. The minimum atomic E-state index is -1.79. The van der Waals surface area contributed by atoms with E-state index in [9.17, 15) is 49.2 Å². The number of carboxylic acids is 1. The number of aliphatic carboxylic acids is 1. The van der Waals surface area contributed by atoms with E-state index in [1.807, 2.05) is 0 Å². The molecule has 2 aliphatic heterocycles. The highest BCUT2D eigenvalue weighted by Gasteiger charge is 2.46. The molecule has 7 atom stereocenters. The summed E-state index contributed by atoms with van der Waals surface area (Å²) in [5.74, 6) is -4.78. The van der Waals surface area contributed by atoms with Crippen LogP contribution >= 0.6 is 12.6 Å². The number of benzene rings is 1. The van der Waals surface area contributed by atoms with Gasteiger partial charge in [-0.1, -0.05) is 19.9 Å². The van der Waals surface area contributed by atoms with Crippen molar-refractivity contribution in [2.75, 3.05) is 11.9 Å². The maximum Gasteiger partial charge on any atom is 0.335 e. The lowest BCUT2D eigenvalue weighted by Crippen LogP contribution is -2.59. The van der Waals surface area contributed by atoms with Gasteiger partial charge < -0.3 is 41.1 Å². The quantitative estimate of drug-likeness (QED) is 0.0904. The van der Waals surface area contributed by atoms with E-state index in [0.29, 0.717) is 17.0 Å². The van der Waals surface area contributed by atoms with Gasteiger partial charge in [0.1, 0.15) is 36.9 Å². The summed E-state index contributed by atoms with van der Waals surface area (Å²) in [6, 6.07) is 2.89. The number of amides is 5. The lowest BCUT2D eigenvalue weighted by molar-refractivity contribution is -0.228. The fourth-order valence-electron chi connectivity index (χ4n) is 4.89. The largest absolute Gasteiger partial charge is 0.479 e. The molecule has 0 saturated carbocycles. The van der Waals surface area contributed by atoms with Crippen molar-refractivity contribution in [1.82, 2.24) is 15.5 Å². The number of aryl methyl sites for hydroxylation is 1. The monoisotopic (exact) mass is 650 g/mol. The normalized spacial score (nSPS) is 24.4. The second-order valence-corrected chi connectivity index (χ2v) is 11.5. The zero-order chi connectivity index (χ0) is 33.6. The van der Waals surface area contributed by atoms with E-state index in [1.54, 1.807) is 32.0 Å². The van der Waals surface area contributed by atoms with E-state index in [2.05, 4.69) is 28.6 Å². The van der Waals surface area contributed by atoms with Crippen molar-refractivity contribution >= 4 is 53.8 Å². The predicted octanol–water partition coefficient (Wildman–Crippen LogP) is -1.51. The van der Waals surface area contributed by atoms with Gasteiger partial charge in [0.25, 0.3) is 11.8 Å². The highest BCUT2D eigenvalue weighted by Crippen LogP contribution is 2.27. The second-order valence-electron chi connectivity index (χ2n) is 11.2. The van der Waals surface area contributed by atoms with E-state index >= 15 is 0 Å². The first-order valence-corrected chi connectivity index (χ1v) is 14.9. The number of hydrogen-bond acceptors (Lipinski definition) is 11. The highest BCUT2D eigenvalue weighted by molar-refractivity contribution is 7.79. The molecule has 0 unspecified atom stereocenters. The van der Waals surface area contributed by atoms with Crippen molar-refractivity contribution in [3.05, 3.63) is 41.5 Å². The predicted molar refractivity (Wildman–Crippen MR) is 161 cm³/mol. The van der Waals surface area contributed by atoms with Crippen LogP contribution in [0.15, 0.2) is 30.4 Å². The van der Waals surface area contributed by atoms with Gasteiger partial charge in [-0.25, -0.2) is 4.79 Å². The third-order valence-corrected chi connectivity index (χ3v) is 7.86. The number of nitrogens with zero attached hydrogens (tertiary/aromatic N) is 1. The zero-order valence-electron chi connectivity index (χ0n) is 24.9. The summed E-state index contributed by atoms with van der Waals surface area (Å²) < 4.78 is 5.35. The minimum Gasteiger partial charge on any atom is -0.479 e. The van der Waals surface area contributed by atoms with Gasteiger partial charge in [-0.15, -0.1) is 0 Å². The van der Waals surface area contributed by atoms with Gasteiger partial charge >= 0.3 is 5.97 Å². The molecule has 1 saturated heterocycles. The Kier molecular flexibility index (Phi) is 12.2. The van der Waals surface area contributed by atoms with Crippen LogP contribution in [-0.2, 0) is 45.7 Å². The standard InChI is InChI=1S/C29H38N4O11S/c1-13(2)22(32-19(34)11-33-20(35)8-9-21(33)36)28(41)30-14(3)27(40)31-17-6-4-16(12-45)15(10-17)5-7-18-23(37)24(38)25(39)26(44-18)29(42)43/h4,6,8-10,13-14,18,22-26,37-39,45H,5,7,11-12H2,1-3H3,(H,30,41)(H,31,40)(H,32,34)(H,42,43)/t14-,18-,22-,23-,24+,25-,26-/m0/s1. The molecule has 5 amide bonds. The first-order chi connectivity index (χ1) is 21.1. The Morgan fingerprint density at radius 1 is 0.933 bits per heavy atom. The number of ether oxygens (including phenoxy) is 1. The summed E-state index contributed by atoms with van der Waals surface area (Å²) >= 11 is 4.32. The van der Waals surface area contributed by atoms with Crippen LogP contribution in [0.4, 0.5) is 5.69 Å². The van der Waals surface area contributed by atoms with Gasteiger partial charge in [0, 0.05) is 23.6 Å². The Labute approximate surface area is 264 Å². The summed E-state index contributed by atoms with van der Waals surface area (Å²) in [6.45, 7) is 4.24. The average Bonchev–Trinajstić information content (AvgIpc) is 3.29. The summed E-state index contributed by atoms with van der Waals surface area (Å²) in [7, 11) is 0. The van der Waals surface area contributed by atoms with Gasteiger partial charge in [0.2, 0.25) is 17.7 Å². The molecular weight excluding hydrogens is 612 g/mol. The van der Waals surface area contributed by atoms with Gasteiger partial charge in [-0.05, 0) is 48.9 Å². The molecule has 246 valence electrons. The Hall–Kier alpha value is -3.83. The van der Waals surface area contributed by atoms with E-state index in [-0.39, 0.29) is 12.8 Å². The molecule has 1 aromatic carbocycles. The van der Waals surface area contributed by atoms with Gasteiger partial charge in [-0.3, -0.25) is 28.9 Å². The number of carbonyl (C=O) groups excluding carboxylic acids is 5. The van der Waals surface area contributed by atoms with Crippen LogP contribution in [-0.4, -0.2) is 110 Å². The smallest absolute Gasteiger partial charge is 0.335 e. The van der Waals surface area contributed by atoms with Gasteiger partial charge in [0.15, 0.2) is 6.10 Å². The number of thiol groups is 1. The van der Waals surface area contributed by atoms with Crippen LogP contribution in [0.5, 0.6) is 0 Å². The van der Waals surface area contributed by atoms with Crippen molar-refractivity contribution in [2.24, 2.45) is 5.92 Å². The number of aliphatic hydroxyl groups is 3. The van der Waals surface area contributed by atoms with E-state index < -0.39 is 90.6 Å². The number of rotatable bonds is 13. The molecule has 16 heteroatoms. The van der Waals surface area contributed by atoms with Crippen molar-refractivity contribution in [2.45, 2.75) is 82.0 Å². The van der Waals surface area contributed by atoms with Crippen LogP contribution < -0.4 is 16.0 Å². The van der Waals surface area contributed by atoms with Crippen molar-refractivity contribution in [3.8, 4) is 0 Å². The van der Waals surface area contributed by atoms with Crippen LogP contribution in [0.3, 0.4) is 0 Å². The number of imide groups is 1. The average molecular weight is 651 g/mol. The van der Waals surface area contributed by atoms with Crippen molar-refractivity contribution in [3.63, 3.8) is 0 Å². The Bertz CT molecular complexity index is 1340. The van der Waals surface area contributed by atoms with Crippen LogP contribution in [0.25, 0.3) is 0 Å². The Morgan fingerprint density at radius 3 is 2.16 bits per heavy atom. The molecule has 1 aromatic rings. The molecule has 7 N–H and O–H groups in total. The van der Waals surface area contributed by atoms with Crippen molar-refractivity contribution < 1.29 is 53.9 Å². The number of hydrogen-bond donors (Lipinski definition) is 8. The topological polar surface area (TPSA) is 232 Å². The first kappa shape index (κ1) is 35.6. The lowest BCUT2D eigenvalue weighted by Gasteiger charge is -2.39. The molecule has 1 fully saturated rings. The van der Waals surface area contributed by atoms with Crippen LogP contribution in [0.1, 0.15) is 38.3 Å². The van der Waals surface area contributed by atoms with Crippen molar-refractivity contribution in [1.29, 1.82) is 0 Å². The van der Waals surface area contributed by atoms with Crippen LogP contribution in [0.2, 0.25) is 0 Å². The number of carbonyl (C=O) groups is 6. The highest BCUT2D eigenvalue weighted by atomic mass is 32.1. The molecule has 3 rings (SSSR count). The molecule has 2 aliphatic rings. The molecule has 15 nitrogen and oxygen atoms in total. The summed E-state index contributed by atoms with van der Waals surface area (Å²) in [4.78, 5) is 74.1. The minimum absolute atomic E-state index is 0.0816. The number of aliphatic hydroxyl groups excluding tert-OH is 3. The molecule has 0 radical (unpaired) electrons. The molecule has 0 bridgehead atoms. The van der Waals surface area contributed by atoms with E-state index in [0.717, 1.165) is 22.6 Å². The lowest BCUT2D eigenvalue weighted by atomic mass is 9.91. The summed E-state index contributed by atoms with van der Waals surface area (Å²) in [5.41, 5.74) is 1.84. The molecular formula is C29H38N4O11S. The SMILES string of the molecule is CC(C)[C@H](NC(=O)CN1C(=O)C=CC1=O)C(=O)N[C@@H](C)C(=O)Nc1ccc(CS)c(CC[C@@H]2O[C@H](C(=O)O)[C@@H](O)[C@H](O)[C@H]2O)c1. The second kappa shape index (κ2) is 15.4. The van der Waals surface area contributed by atoms with Gasteiger partial charge in [-0.2, -0.15) is 12.6 Å². The molecule has 0 aromatic heterocycles. The summed E-state index contributed by atoms with van der Waals surface area (Å²) in [6.07, 6.45) is -5.42. The fourth-order valence-corrected chi connectivity index (χ4v) is 5.19. The Morgan fingerprint density at radius 2 is 1.58 bits per heavy atom. The van der Waals surface area contributed by atoms with E-state index in [4.69, 9.17) is 4.74 Å². The fraction of sp³-hybridized carbons (Fsp3) is 0.517. The van der Waals surface area contributed by atoms with Gasteiger partial charge in [0.05, 0.1) is 6.10 Å². The number of carboxylic acid groups (broad SMARTS) is 1. The molecule has 0 spiro atoms. The zero-order valence-corrected chi connectivity index (χ0v) is 25.8. The molecule has 0 aliphatic carbocycles. The molecule has 2 heterocycles. The third-order valence-electron chi connectivity index (χ3n) is 7.52. The Balaban J connectivity index is 1.61.